The number of rotatable bonds is 2. The summed E-state index contributed by atoms with van der Waals surface area (Å²) >= 11 is 0. The molecule has 0 heterocycles. The van der Waals surface area contributed by atoms with Crippen LogP contribution in [0.15, 0.2) is 29.2 Å². The van der Waals surface area contributed by atoms with E-state index in [1.807, 2.05) is 0 Å². The monoisotopic (exact) mass is 240 g/mol. The average molecular weight is 240 g/mol. The van der Waals surface area contributed by atoms with Crippen molar-refractivity contribution in [3.05, 3.63) is 30.1 Å². The molecule has 88 valence electrons. The summed E-state index contributed by atoms with van der Waals surface area (Å²) in [4.78, 5) is 0.645. The van der Waals surface area contributed by atoms with Crippen LogP contribution in [0.2, 0.25) is 0 Å². The number of halogens is 1. The normalized spacial score (nSPS) is 20.3. The second kappa shape index (κ2) is 5.58. The first-order valence-electron chi connectivity index (χ1n) is 5.93. The molecule has 0 saturated heterocycles. The standard InChI is InChI=1S/C13H17FOS/c14-11-6-5-9-13(10-11)16(15)12-7-3-1-2-4-8-12/h5-6,9-10,12H,1-4,7-8H2. The quantitative estimate of drug-likeness (QED) is 0.721. The molecule has 1 atom stereocenters. The summed E-state index contributed by atoms with van der Waals surface area (Å²) in [6.07, 6.45) is 6.84. The van der Waals surface area contributed by atoms with E-state index in [9.17, 15) is 8.60 Å². The Labute approximate surface area is 98.5 Å². The van der Waals surface area contributed by atoms with Crippen molar-refractivity contribution < 1.29 is 8.60 Å². The third kappa shape index (κ3) is 2.91. The van der Waals surface area contributed by atoms with Crippen LogP contribution >= 0.6 is 0 Å². The summed E-state index contributed by atoms with van der Waals surface area (Å²) in [6.45, 7) is 0. The number of benzene rings is 1. The third-order valence-corrected chi connectivity index (χ3v) is 4.93. The van der Waals surface area contributed by atoms with Crippen LogP contribution in [-0.4, -0.2) is 9.46 Å². The van der Waals surface area contributed by atoms with E-state index in [0.717, 1.165) is 25.7 Å². The molecule has 3 heteroatoms. The van der Waals surface area contributed by atoms with E-state index < -0.39 is 10.8 Å². The van der Waals surface area contributed by atoms with Gasteiger partial charge in [-0.25, -0.2) is 4.39 Å². The first-order valence-corrected chi connectivity index (χ1v) is 7.15. The van der Waals surface area contributed by atoms with Crippen molar-refractivity contribution in [1.29, 1.82) is 0 Å². The smallest absolute Gasteiger partial charge is 0.124 e. The molecular formula is C13H17FOS. The Kier molecular flexibility index (Phi) is 4.10. The van der Waals surface area contributed by atoms with Gasteiger partial charge in [-0.05, 0) is 31.0 Å². The zero-order valence-electron chi connectivity index (χ0n) is 9.32. The molecule has 0 spiro atoms. The Morgan fingerprint density at radius 3 is 2.44 bits per heavy atom. The molecule has 0 aromatic heterocycles. The van der Waals surface area contributed by atoms with Crippen LogP contribution in [-0.2, 0) is 10.8 Å². The van der Waals surface area contributed by atoms with Gasteiger partial charge in [0.15, 0.2) is 0 Å². The van der Waals surface area contributed by atoms with Gasteiger partial charge >= 0.3 is 0 Å². The number of hydrogen-bond donors (Lipinski definition) is 0. The first-order chi connectivity index (χ1) is 7.77. The van der Waals surface area contributed by atoms with E-state index in [1.54, 1.807) is 12.1 Å². The summed E-state index contributed by atoms with van der Waals surface area (Å²) < 4.78 is 25.3. The number of hydrogen-bond acceptors (Lipinski definition) is 1. The Morgan fingerprint density at radius 1 is 1.12 bits per heavy atom. The minimum absolute atomic E-state index is 0.226. The minimum Gasteiger partial charge on any atom is -0.254 e. The summed E-state index contributed by atoms with van der Waals surface area (Å²) in [7, 11) is -1.03. The van der Waals surface area contributed by atoms with Gasteiger partial charge in [0.05, 0.1) is 10.8 Å². The predicted octanol–water partition coefficient (Wildman–Crippen LogP) is 3.66. The van der Waals surface area contributed by atoms with Gasteiger partial charge < -0.3 is 0 Å². The van der Waals surface area contributed by atoms with Gasteiger partial charge in [0.25, 0.3) is 0 Å². The van der Waals surface area contributed by atoms with Gasteiger partial charge in [-0.15, -0.1) is 0 Å². The Bertz CT molecular complexity index is 370. The highest BCUT2D eigenvalue weighted by atomic mass is 32.2. The van der Waals surface area contributed by atoms with Gasteiger partial charge in [-0.3, -0.25) is 4.21 Å². The molecule has 0 bridgehead atoms. The molecule has 1 aliphatic rings. The fourth-order valence-corrected chi connectivity index (χ4v) is 3.83. The SMILES string of the molecule is O=S(c1cccc(F)c1)C1CCCCCC1. The fraction of sp³-hybridized carbons (Fsp3) is 0.538. The maximum atomic E-state index is 13.0. The molecule has 1 aromatic carbocycles. The lowest BCUT2D eigenvalue weighted by Crippen LogP contribution is -2.14. The van der Waals surface area contributed by atoms with E-state index in [2.05, 4.69) is 0 Å². The highest BCUT2D eigenvalue weighted by molar-refractivity contribution is 7.85. The molecule has 0 N–H and O–H groups in total. The van der Waals surface area contributed by atoms with Crippen molar-refractivity contribution in [3.8, 4) is 0 Å². The molecule has 0 aliphatic heterocycles. The lowest BCUT2D eigenvalue weighted by atomic mass is 10.2. The molecule has 1 saturated carbocycles. The molecular weight excluding hydrogens is 223 g/mol. The molecule has 1 fully saturated rings. The second-order valence-corrected chi connectivity index (χ2v) is 6.10. The molecule has 1 aromatic rings. The minimum atomic E-state index is -1.03. The van der Waals surface area contributed by atoms with Crippen molar-refractivity contribution in [2.24, 2.45) is 0 Å². The van der Waals surface area contributed by atoms with Crippen LogP contribution in [0.4, 0.5) is 4.39 Å². The molecule has 16 heavy (non-hydrogen) atoms. The van der Waals surface area contributed by atoms with Gasteiger partial charge in [0.2, 0.25) is 0 Å². The molecule has 2 rings (SSSR count). The summed E-state index contributed by atoms with van der Waals surface area (Å²) in [6, 6.07) is 6.21. The predicted molar refractivity (Wildman–Crippen MR) is 64.3 cm³/mol. The van der Waals surface area contributed by atoms with Gasteiger partial charge in [-0.2, -0.15) is 0 Å². The van der Waals surface area contributed by atoms with E-state index in [-0.39, 0.29) is 11.1 Å². The second-order valence-electron chi connectivity index (χ2n) is 4.37. The summed E-state index contributed by atoms with van der Waals surface area (Å²) in [5.41, 5.74) is 0. The van der Waals surface area contributed by atoms with Crippen molar-refractivity contribution in [1.82, 2.24) is 0 Å². The van der Waals surface area contributed by atoms with Crippen LogP contribution in [0.25, 0.3) is 0 Å². The van der Waals surface area contributed by atoms with E-state index >= 15 is 0 Å². The van der Waals surface area contributed by atoms with Crippen molar-refractivity contribution in [2.75, 3.05) is 0 Å². The first kappa shape index (κ1) is 11.8. The Hall–Kier alpha value is -0.700. The topological polar surface area (TPSA) is 17.1 Å². The van der Waals surface area contributed by atoms with Crippen LogP contribution in [0.1, 0.15) is 38.5 Å². The van der Waals surface area contributed by atoms with Crippen LogP contribution in [0, 0.1) is 5.82 Å². The van der Waals surface area contributed by atoms with Crippen molar-refractivity contribution in [2.45, 2.75) is 48.7 Å². The average Bonchev–Trinajstić information content (AvgIpc) is 2.56. The van der Waals surface area contributed by atoms with Crippen LogP contribution < -0.4 is 0 Å². The van der Waals surface area contributed by atoms with E-state index in [0.29, 0.717) is 4.90 Å². The van der Waals surface area contributed by atoms with E-state index in [4.69, 9.17) is 0 Å². The van der Waals surface area contributed by atoms with Gasteiger partial charge in [0, 0.05) is 10.1 Å². The lowest BCUT2D eigenvalue weighted by molar-refractivity contribution is 0.619. The zero-order valence-corrected chi connectivity index (χ0v) is 10.1. The maximum absolute atomic E-state index is 13.0. The van der Waals surface area contributed by atoms with Gasteiger partial charge in [0.1, 0.15) is 5.82 Å². The molecule has 0 radical (unpaired) electrons. The zero-order chi connectivity index (χ0) is 11.4. The molecule has 1 nitrogen and oxygen atoms in total. The van der Waals surface area contributed by atoms with Crippen LogP contribution in [0.3, 0.4) is 0 Å². The molecule has 0 amide bonds. The highest BCUT2D eigenvalue weighted by Gasteiger charge is 2.20. The highest BCUT2D eigenvalue weighted by Crippen LogP contribution is 2.25. The Balaban J connectivity index is 2.11. The van der Waals surface area contributed by atoms with Gasteiger partial charge in [-0.1, -0.05) is 31.7 Å². The van der Waals surface area contributed by atoms with Crippen molar-refractivity contribution >= 4 is 10.8 Å². The Morgan fingerprint density at radius 2 is 1.81 bits per heavy atom. The third-order valence-electron chi connectivity index (χ3n) is 3.13. The maximum Gasteiger partial charge on any atom is 0.124 e. The molecule has 1 unspecified atom stereocenters. The lowest BCUT2D eigenvalue weighted by Gasteiger charge is -2.13. The van der Waals surface area contributed by atoms with E-state index in [1.165, 1.54) is 25.0 Å². The summed E-state index contributed by atoms with van der Waals surface area (Å²) in [5, 5.41) is 0.226. The molecule has 1 aliphatic carbocycles. The van der Waals surface area contributed by atoms with Crippen LogP contribution in [0.5, 0.6) is 0 Å². The largest absolute Gasteiger partial charge is 0.254 e. The van der Waals surface area contributed by atoms with Crippen molar-refractivity contribution in [3.63, 3.8) is 0 Å². The summed E-state index contributed by atoms with van der Waals surface area (Å²) in [5.74, 6) is -0.292. The fourth-order valence-electron chi connectivity index (χ4n) is 2.24.